The number of benzene rings is 3. The number of anilines is 1. The van der Waals surface area contributed by atoms with E-state index >= 15 is 0 Å². The van der Waals surface area contributed by atoms with Crippen LogP contribution in [0.1, 0.15) is 23.8 Å². The van der Waals surface area contributed by atoms with Crippen molar-refractivity contribution in [2.24, 2.45) is 0 Å². The predicted molar refractivity (Wildman–Crippen MR) is 140 cm³/mol. The lowest BCUT2D eigenvalue weighted by Crippen LogP contribution is -2.08. The Kier molecular flexibility index (Phi) is 6.21. The van der Waals surface area contributed by atoms with E-state index in [1.54, 1.807) is 10.9 Å². The molecule has 0 fully saturated rings. The minimum absolute atomic E-state index is 0.264. The second-order valence-electron chi connectivity index (χ2n) is 8.20. The van der Waals surface area contributed by atoms with Gasteiger partial charge in [-0.2, -0.15) is 4.80 Å². The first-order valence-corrected chi connectivity index (χ1v) is 11.7. The average Bonchev–Trinajstić information content (AvgIpc) is 3.50. The van der Waals surface area contributed by atoms with Crippen LogP contribution in [0.4, 0.5) is 5.69 Å². The third-order valence-corrected chi connectivity index (χ3v) is 5.97. The molecule has 2 aromatic heterocycles. The highest BCUT2D eigenvalue weighted by atomic mass is 35.5. The lowest BCUT2D eigenvalue weighted by molar-refractivity contribution is -0.111. The molecule has 3 aromatic carbocycles. The van der Waals surface area contributed by atoms with E-state index < -0.39 is 0 Å². The maximum Gasteiger partial charge on any atom is 0.248 e. The van der Waals surface area contributed by atoms with E-state index in [2.05, 4.69) is 34.6 Å². The molecule has 0 saturated carbocycles. The van der Waals surface area contributed by atoms with Gasteiger partial charge in [0.2, 0.25) is 5.91 Å². The Labute approximate surface area is 207 Å². The molecular weight excluding hydrogens is 460 g/mol. The van der Waals surface area contributed by atoms with Crippen LogP contribution < -0.4 is 5.32 Å². The summed E-state index contributed by atoms with van der Waals surface area (Å²) in [7, 11) is 0. The first-order chi connectivity index (χ1) is 17.0. The van der Waals surface area contributed by atoms with Crippen LogP contribution in [0.2, 0.25) is 5.02 Å². The van der Waals surface area contributed by atoms with Gasteiger partial charge in [0.25, 0.3) is 0 Å². The highest BCUT2D eigenvalue weighted by Crippen LogP contribution is 2.25. The fourth-order valence-electron chi connectivity index (χ4n) is 3.73. The fourth-order valence-corrected chi connectivity index (χ4v) is 3.85. The van der Waals surface area contributed by atoms with Crippen molar-refractivity contribution in [3.05, 3.63) is 101 Å². The number of carbonyl (C=O) groups excluding carboxylic acids is 1. The largest absolute Gasteiger partial charge is 0.457 e. The summed E-state index contributed by atoms with van der Waals surface area (Å²) in [5.74, 6) is 1.02. The maximum atomic E-state index is 12.6. The molecule has 0 bridgehead atoms. The summed E-state index contributed by atoms with van der Waals surface area (Å²) in [5, 5.41) is 12.8. The van der Waals surface area contributed by atoms with E-state index in [0.717, 1.165) is 28.8 Å². The van der Waals surface area contributed by atoms with E-state index in [1.807, 2.05) is 67.6 Å². The first kappa shape index (κ1) is 22.6. The Morgan fingerprint density at radius 3 is 2.43 bits per heavy atom. The number of hydrogen-bond donors (Lipinski definition) is 1. The fraction of sp³-hybridized carbons (Fsp3) is 0.107. The van der Waals surface area contributed by atoms with Gasteiger partial charge in [-0.3, -0.25) is 4.79 Å². The van der Waals surface area contributed by atoms with Crippen molar-refractivity contribution >= 4 is 40.3 Å². The number of nitrogens with zero attached hydrogens (tertiary/aromatic N) is 3. The molecular formula is C28H23ClN4O2. The normalized spacial score (nSPS) is 11.4. The quantitative estimate of drug-likeness (QED) is 0.268. The monoisotopic (exact) mass is 482 g/mol. The van der Waals surface area contributed by atoms with Crippen molar-refractivity contribution in [2.75, 3.05) is 5.32 Å². The summed E-state index contributed by atoms with van der Waals surface area (Å²) in [5.41, 5.74) is 6.11. The molecule has 0 aliphatic rings. The molecule has 6 nitrogen and oxygen atoms in total. The number of aryl methyl sites for hydroxylation is 2. The smallest absolute Gasteiger partial charge is 0.248 e. The number of amides is 1. The van der Waals surface area contributed by atoms with Crippen LogP contribution in [0.15, 0.2) is 83.3 Å². The summed E-state index contributed by atoms with van der Waals surface area (Å²) < 4.78 is 5.82. The van der Waals surface area contributed by atoms with Gasteiger partial charge in [-0.05, 0) is 91.2 Å². The van der Waals surface area contributed by atoms with E-state index in [0.29, 0.717) is 27.7 Å². The Hall–Kier alpha value is -4.16. The molecule has 5 aromatic rings. The van der Waals surface area contributed by atoms with Gasteiger partial charge in [0.1, 0.15) is 22.6 Å². The molecule has 0 spiro atoms. The van der Waals surface area contributed by atoms with Gasteiger partial charge in [-0.15, -0.1) is 10.2 Å². The van der Waals surface area contributed by atoms with Gasteiger partial charge < -0.3 is 9.73 Å². The van der Waals surface area contributed by atoms with Gasteiger partial charge in [-0.1, -0.05) is 30.7 Å². The summed E-state index contributed by atoms with van der Waals surface area (Å²) in [4.78, 5) is 14.2. The molecule has 174 valence electrons. The Morgan fingerprint density at radius 2 is 1.71 bits per heavy atom. The summed E-state index contributed by atoms with van der Waals surface area (Å²) >= 11 is 5.94. The second-order valence-corrected chi connectivity index (χ2v) is 8.63. The van der Waals surface area contributed by atoms with Crippen LogP contribution in [0.5, 0.6) is 0 Å². The number of nitrogens with one attached hydrogen (secondary N) is 1. The van der Waals surface area contributed by atoms with Gasteiger partial charge >= 0.3 is 0 Å². The lowest BCUT2D eigenvalue weighted by atomic mass is 10.1. The molecule has 5 rings (SSSR count). The van der Waals surface area contributed by atoms with Crippen LogP contribution in [-0.4, -0.2) is 20.9 Å². The molecule has 1 N–H and O–H groups in total. The predicted octanol–water partition coefficient (Wildman–Crippen LogP) is 6.86. The number of hydrogen-bond acceptors (Lipinski definition) is 4. The van der Waals surface area contributed by atoms with Crippen molar-refractivity contribution in [1.82, 2.24) is 15.0 Å². The van der Waals surface area contributed by atoms with E-state index in [9.17, 15) is 4.79 Å². The number of furan rings is 1. The van der Waals surface area contributed by atoms with Gasteiger partial charge in [0.15, 0.2) is 0 Å². The molecule has 0 atom stereocenters. The van der Waals surface area contributed by atoms with E-state index in [-0.39, 0.29) is 5.91 Å². The topological polar surface area (TPSA) is 73.0 Å². The number of halogens is 1. The molecule has 0 saturated heterocycles. The summed E-state index contributed by atoms with van der Waals surface area (Å²) in [6, 6.07) is 23.0. The third kappa shape index (κ3) is 5.03. The molecule has 0 radical (unpaired) electrons. The zero-order valence-corrected chi connectivity index (χ0v) is 20.1. The maximum absolute atomic E-state index is 12.6. The number of fused-ring (bicyclic) bond motifs is 1. The molecule has 0 aliphatic carbocycles. The highest BCUT2D eigenvalue weighted by molar-refractivity contribution is 6.30. The highest BCUT2D eigenvalue weighted by Gasteiger charge is 2.10. The Bertz CT molecular complexity index is 1530. The van der Waals surface area contributed by atoms with E-state index in [1.165, 1.54) is 11.6 Å². The second kappa shape index (κ2) is 9.60. The standard InChI is InChI=1S/C28H23ClN4O2/c1-3-19-4-10-22(11-5-19)33-31-25-16-18(2)24(17-26(25)32-33)30-28(34)15-13-23-12-14-27(35-23)20-6-8-21(29)9-7-20/h4-17H,3H2,1-2H3,(H,30,34)/b15-13+. The first-order valence-electron chi connectivity index (χ1n) is 11.3. The Morgan fingerprint density at radius 1 is 1.00 bits per heavy atom. The van der Waals surface area contributed by atoms with Gasteiger partial charge in [-0.25, -0.2) is 0 Å². The van der Waals surface area contributed by atoms with E-state index in [4.69, 9.17) is 16.0 Å². The van der Waals surface area contributed by atoms with Crippen molar-refractivity contribution in [3.8, 4) is 17.0 Å². The zero-order valence-electron chi connectivity index (χ0n) is 19.3. The molecule has 0 aliphatic heterocycles. The van der Waals surface area contributed by atoms with Crippen molar-refractivity contribution in [2.45, 2.75) is 20.3 Å². The van der Waals surface area contributed by atoms with Crippen LogP contribution in [0.25, 0.3) is 34.1 Å². The van der Waals surface area contributed by atoms with Crippen LogP contribution in [-0.2, 0) is 11.2 Å². The summed E-state index contributed by atoms with van der Waals surface area (Å²) in [6.45, 7) is 4.05. The summed E-state index contributed by atoms with van der Waals surface area (Å²) in [6.07, 6.45) is 4.06. The Balaban J connectivity index is 1.30. The molecule has 35 heavy (non-hydrogen) atoms. The third-order valence-electron chi connectivity index (χ3n) is 5.71. The van der Waals surface area contributed by atoms with Crippen LogP contribution in [0.3, 0.4) is 0 Å². The van der Waals surface area contributed by atoms with Crippen LogP contribution in [0, 0.1) is 6.92 Å². The zero-order chi connectivity index (χ0) is 24.4. The minimum atomic E-state index is -0.264. The SMILES string of the molecule is CCc1ccc(-n2nc3cc(C)c(NC(=O)/C=C/c4ccc(-c5ccc(Cl)cc5)o4)cc3n2)cc1. The molecule has 7 heteroatoms. The molecule has 1 amide bonds. The number of aromatic nitrogens is 3. The van der Waals surface area contributed by atoms with Gasteiger partial charge in [0.05, 0.1) is 5.69 Å². The van der Waals surface area contributed by atoms with Crippen molar-refractivity contribution in [3.63, 3.8) is 0 Å². The minimum Gasteiger partial charge on any atom is -0.457 e. The van der Waals surface area contributed by atoms with Crippen molar-refractivity contribution in [1.29, 1.82) is 0 Å². The van der Waals surface area contributed by atoms with Crippen LogP contribution >= 0.6 is 11.6 Å². The number of rotatable bonds is 6. The van der Waals surface area contributed by atoms with Crippen molar-refractivity contribution < 1.29 is 9.21 Å². The van der Waals surface area contributed by atoms with Gasteiger partial charge in [0, 0.05) is 22.3 Å². The number of carbonyl (C=O) groups is 1. The average molecular weight is 483 g/mol. The molecule has 2 heterocycles. The molecule has 0 unspecified atom stereocenters. The lowest BCUT2D eigenvalue weighted by Gasteiger charge is -2.05.